The number of amides is 3. The van der Waals surface area contributed by atoms with Crippen LogP contribution in [0.3, 0.4) is 0 Å². The highest BCUT2D eigenvalue weighted by atomic mass is 16.2. The molecule has 9 aromatic heterocycles. The smallest absolute Gasteiger partial charge is 0.255 e. The highest BCUT2D eigenvalue weighted by Gasteiger charge is 2.16. The van der Waals surface area contributed by atoms with Crippen LogP contribution in [0.25, 0.3) is 50.8 Å². The lowest BCUT2D eigenvalue weighted by Gasteiger charge is -2.11. The molecule has 0 aliphatic carbocycles. The second-order valence-corrected chi connectivity index (χ2v) is 24.1. The molecule has 534 valence electrons. The van der Waals surface area contributed by atoms with E-state index in [1.807, 2.05) is 19.9 Å². The van der Waals surface area contributed by atoms with Crippen LogP contribution in [0.15, 0.2) is 278 Å². The molecule has 0 unspecified atom stereocenters. The van der Waals surface area contributed by atoms with Crippen molar-refractivity contribution in [3.63, 3.8) is 0 Å². The van der Waals surface area contributed by atoms with Crippen molar-refractivity contribution >= 4 is 51.8 Å². The van der Waals surface area contributed by atoms with Crippen molar-refractivity contribution in [1.82, 2.24) is 68.5 Å². The zero-order chi connectivity index (χ0) is 94.2. The van der Waals surface area contributed by atoms with Gasteiger partial charge >= 0.3 is 0 Å². The number of hydrogen-bond donors (Lipinski definition) is 6. The lowest BCUT2D eigenvalue weighted by molar-refractivity contribution is 0.101. The summed E-state index contributed by atoms with van der Waals surface area (Å²) in [6.07, 6.45) is 11.5. The minimum Gasteiger partial charge on any atom is -0.324 e. The lowest BCUT2D eigenvalue weighted by Crippen LogP contribution is -2.14. The summed E-state index contributed by atoms with van der Waals surface area (Å²) in [6.45, 7) is 10.6. The molecular weight excluding hydrogens is 1350 g/mol. The van der Waals surface area contributed by atoms with Gasteiger partial charge in [-0.15, -0.1) is 0 Å². The fourth-order valence-electron chi connectivity index (χ4n) is 10.4. The first-order valence-corrected chi connectivity index (χ1v) is 32.9. The van der Waals surface area contributed by atoms with Crippen LogP contribution in [0, 0.1) is 62.2 Å². The van der Waals surface area contributed by atoms with E-state index in [0.29, 0.717) is 61.9 Å². The fourth-order valence-corrected chi connectivity index (χ4v) is 10.4. The molecule has 0 atom stereocenters. The third kappa shape index (κ3) is 18.5. The van der Waals surface area contributed by atoms with Crippen molar-refractivity contribution in [3.8, 4) is 50.8 Å². The Morgan fingerprint density at radius 2 is 0.833 bits per heavy atom. The molecule has 23 nitrogen and oxygen atoms in total. The van der Waals surface area contributed by atoms with Gasteiger partial charge in [0, 0.05) is 152 Å². The molecule has 108 heavy (non-hydrogen) atoms. The maximum atomic E-state index is 13.6. The molecule has 9 heterocycles. The number of imidazole rings is 2. The molecule has 0 spiro atoms. The van der Waals surface area contributed by atoms with Gasteiger partial charge in [-0.1, -0.05) is 18.1 Å². The predicted octanol–water partition coefficient (Wildman–Crippen LogP) is 15.8. The summed E-state index contributed by atoms with van der Waals surface area (Å²) in [6, 6.07) is 21.5. The number of hydrogen-bond acceptors (Lipinski definition) is 14. The van der Waals surface area contributed by atoms with E-state index in [4.69, 9.17) is 30.2 Å². The summed E-state index contributed by atoms with van der Waals surface area (Å²) in [5.41, 5.74) is 5.53. The van der Waals surface area contributed by atoms with Crippen molar-refractivity contribution in [2.45, 2.75) is 62.2 Å². The third-order valence-electron chi connectivity index (χ3n) is 15.4. The molecular formula is C85H76N20O3. The predicted molar refractivity (Wildman–Crippen MR) is 420 cm³/mol. The minimum atomic E-state index is -2.99. The SMILES string of the molecule is [2H]c1nc(=Nc2c([2H])c(C(=O)Nc3cc(C)cc(-n4c([2H])cc(C)c4[2H])c3)c([2H])c([2H])c2C)[nH]c(-c2cccnc2)c1[2H].[2H]c1nc(=Nc2c([2H])c(C(=O)Nc3cc(C)cc(-n4c([2H])nc(C)c4[2H])c3)c([2H])c([2H])c2C)[nH]c(-c2cccnc2)c1[2H].[2H]c1nc(=Nc2c([2H])c(C(=O)Nc3cc(C)cc(-n4cnc(C)c4)c3)c([2H])c([2H])c2C([2H])([2H])[2H])[nH]c(-c2cccnc2)c1[2H]. The third-order valence-corrected chi connectivity index (χ3v) is 15.4. The first-order chi connectivity index (χ1) is 61.5. The Balaban J connectivity index is 0.000000166. The Morgan fingerprint density at radius 3 is 1.19 bits per heavy atom. The Hall–Kier alpha value is -14.5. The van der Waals surface area contributed by atoms with Gasteiger partial charge in [-0.3, -0.25) is 29.3 Å². The normalized spacial score (nSPS) is 14.5. The molecule has 15 rings (SSSR count). The van der Waals surface area contributed by atoms with Crippen molar-refractivity contribution in [3.05, 3.63) is 346 Å². The molecule has 0 fully saturated rings. The van der Waals surface area contributed by atoms with E-state index in [9.17, 15) is 14.4 Å². The number of rotatable bonds is 15. The topological polar surface area (TPSA) is 290 Å². The summed E-state index contributed by atoms with van der Waals surface area (Å²) in [5, 5.41) is 8.03. The highest BCUT2D eigenvalue weighted by Crippen LogP contribution is 2.28. The number of pyridine rings is 3. The Labute approximate surface area is 653 Å². The molecule has 3 amide bonds. The molecule has 0 aliphatic rings. The van der Waals surface area contributed by atoms with Crippen LogP contribution in [0.5, 0.6) is 0 Å². The quantitative estimate of drug-likeness (QED) is 0.0561. The average Bonchev–Trinajstić information content (AvgIpc) is 0.769. The molecule has 0 bridgehead atoms. The highest BCUT2D eigenvalue weighted by molar-refractivity contribution is 6.06. The number of benzene rings is 6. The summed E-state index contributed by atoms with van der Waals surface area (Å²) in [5.74, 6) is -2.56. The average molecular weight is 1450 g/mol. The Morgan fingerprint density at radius 1 is 0.426 bits per heavy atom. The van der Waals surface area contributed by atoms with E-state index in [1.54, 1.807) is 148 Å². The van der Waals surface area contributed by atoms with Crippen LogP contribution in [-0.2, 0) is 0 Å². The number of aromatic nitrogens is 14. The maximum Gasteiger partial charge on any atom is 0.255 e. The summed E-state index contributed by atoms with van der Waals surface area (Å²) < 4.78 is 188. The van der Waals surface area contributed by atoms with Gasteiger partial charge in [0.15, 0.2) is 0 Å². The standard InChI is InChI=1S/C29H26N6O.2C28H25N7O/c1-19-9-12-35(18-19)25-14-20(2)13-24(16-25)32-28(36)22-7-6-21(3)27(15-22)34-29-31-11-8-26(33-29)23-5-4-10-30-17-23;2*1-18-11-23(14-24(12-18)35-16-20(3)31-17-35)32-27(36)21-7-6-19(2)26(13-21)34-28-30-10-8-25(33-28)22-5-4-9-29-15-22/h4-18H,1-3H3,(H,32,36)(H,31,33,34);2*4-17H,1-3H3,(H,32,36)(H,30,33,34)/i6D,7D,8D,11D,12D,15D,18D;6D,7D,8D,10D,13D,16D,17D;2D3,6D,7D,8D,10D,13D. The summed E-state index contributed by atoms with van der Waals surface area (Å²) >= 11 is 0. The van der Waals surface area contributed by atoms with Crippen molar-refractivity contribution < 1.29 is 44.5 Å². The Bertz CT molecular complexity index is 7040. The number of H-pyrrole nitrogens is 3. The van der Waals surface area contributed by atoms with Crippen molar-refractivity contribution in [2.75, 3.05) is 16.0 Å². The van der Waals surface area contributed by atoms with Gasteiger partial charge in [0.05, 0.1) is 82.8 Å². The van der Waals surface area contributed by atoms with E-state index in [1.165, 1.54) is 47.8 Å². The number of carbonyl (C=O) groups excluding carboxylic acids is 3. The van der Waals surface area contributed by atoms with Crippen molar-refractivity contribution in [1.29, 1.82) is 0 Å². The number of aryl methyl sites for hydroxylation is 6. The fraction of sp³-hybridized carbons (Fsp3) is 0.106. The number of carbonyl (C=O) groups is 3. The van der Waals surface area contributed by atoms with Crippen LogP contribution in [0.1, 0.15) is 112 Å². The van der Waals surface area contributed by atoms with E-state index < -0.39 is 95.4 Å². The van der Waals surface area contributed by atoms with Crippen LogP contribution in [0.2, 0.25) is 0 Å². The van der Waals surface area contributed by atoms with E-state index in [-0.39, 0.29) is 135 Å². The monoisotopic (exact) mass is 1450 g/mol. The Kier molecular flexibility index (Phi) is 15.0. The molecule has 6 aromatic carbocycles. The van der Waals surface area contributed by atoms with E-state index in [0.717, 1.165) is 16.8 Å². The van der Waals surface area contributed by atoms with Gasteiger partial charge in [0.25, 0.3) is 17.7 Å². The largest absolute Gasteiger partial charge is 0.324 e. The van der Waals surface area contributed by atoms with Crippen LogP contribution < -0.4 is 32.8 Å². The summed E-state index contributed by atoms with van der Waals surface area (Å²) in [7, 11) is 0. The number of nitrogens with zero attached hydrogens (tertiary/aromatic N) is 14. The van der Waals surface area contributed by atoms with Gasteiger partial charge in [0.1, 0.15) is 1.37 Å². The molecule has 0 aliphatic heterocycles. The van der Waals surface area contributed by atoms with Crippen molar-refractivity contribution in [2.24, 2.45) is 15.0 Å². The lowest BCUT2D eigenvalue weighted by atomic mass is 10.1. The van der Waals surface area contributed by atoms with Gasteiger partial charge in [-0.2, -0.15) is 0 Å². The molecule has 23 heteroatoms. The second kappa shape index (κ2) is 32.9. The van der Waals surface area contributed by atoms with Gasteiger partial charge in [-0.05, 0) is 253 Å². The van der Waals surface area contributed by atoms with Crippen LogP contribution >= 0.6 is 0 Å². The number of nitrogens with one attached hydrogen (secondary N) is 6. The first kappa shape index (κ1) is 49.2. The summed E-state index contributed by atoms with van der Waals surface area (Å²) in [4.78, 5) is 94.3. The van der Waals surface area contributed by atoms with E-state index in [2.05, 4.69) is 85.8 Å². The number of anilines is 3. The molecule has 15 aromatic rings. The zero-order valence-electron chi connectivity index (χ0n) is 80.8. The maximum absolute atomic E-state index is 13.6. The number of aromatic amines is 3. The van der Waals surface area contributed by atoms with Crippen LogP contribution in [-0.4, -0.2) is 86.2 Å². The van der Waals surface area contributed by atoms with E-state index >= 15 is 0 Å². The van der Waals surface area contributed by atoms with Gasteiger partial charge < -0.3 is 44.6 Å². The zero-order valence-corrected chi connectivity index (χ0v) is 58.8. The molecule has 0 saturated heterocycles. The minimum absolute atomic E-state index is 0.0322. The second-order valence-electron chi connectivity index (χ2n) is 24.1. The van der Waals surface area contributed by atoms with Gasteiger partial charge in [-0.25, -0.2) is 39.9 Å². The molecule has 0 saturated carbocycles. The first-order valence-electron chi connectivity index (χ1n) is 43.9. The molecule has 0 radical (unpaired) electrons. The van der Waals surface area contributed by atoms with Crippen LogP contribution in [0.4, 0.5) is 34.1 Å². The van der Waals surface area contributed by atoms with Gasteiger partial charge in [0.2, 0.25) is 16.9 Å². The molecule has 6 N–H and O–H groups in total.